The molecule has 1 fully saturated rings. The smallest absolute Gasteiger partial charge is 0.270 e. The van der Waals surface area contributed by atoms with Crippen molar-refractivity contribution in [3.63, 3.8) is 0 Å². The highest BCUT2D eigenvalue weighted by Gasteiger charge is 2.23. The van der Waals surface area contributed by atoms with E-state index in [1.165, 1.54) is 0 Å². The molecule has 0 bridgehead atoms. The van der Waals surface area contributed by atoms with Crippen LogP contribution in [-0.4, -0.2) is 41.1 Å². The molecule has 94 valence electrons. The van der Waals surface area contributed by atoms with Crippen LogP contribution in [0.1, 0.15) is 24.3 Å². The molecule has 0 aliphatic carbocycles. The predicted octanol–water partition coefficient (Wildman–Crippen LogP) is 1.60. The Morgan fingerprint density at radius 1 is 1.65 bits per heavy atom. The second-order valence-corrected chi connectivity index (χ2v) is 4.87. The Labute approximate surface area is 107 Å². The van der Waals surface area contributed by atoms with Crippen molar-refractivity contribution in [3.05, 3.63) is 23.0 Å². The number of aromatic nitrogens is 1. The Bertz CT molecular complexity index is 416. The van der Waals surface area contributed by atoms with Gasteiger partial charge in [0, 0.05) is 38.4 Å². The van der Waals surface area contributed by atoms with Crippen LogP contribution in [0.4, 0.5) is 0 Å². The Morgan fingerprint density at radius 3 is 3.06 bits per heavy atom. The predicted molar refractivity (Wildman–Crippen MR) is 68.5 cm³/mol. The van der Waals surface area contributed by atoms with Crippen LogP contribution in [0.5, 0.6) is 0 Å². The fraction of sp³-hybridized carbons (Fsp3) is 0.583. The summed E-state index contributed by atoms with van der Waals surface area (Å²) in [5, 5.41) is 3.95. The number of piperazine rings is 1. The monoisotopic (exact) mass is 255 g/mol. The molecule has 1 aliphatic rings. The molecule has 0 aromatic carbocycles. The number of rotatable bonds is 2. The maximum absolute atomic E-state index is 12.4. The summed E-state index contributed by atoms with van der Waals surface area (Å²) in [4.78, 5) is 14.2. The summed E-state index contributed by atoms with van der Waals surface area (Å²) in [7, 11) is 0. The van der Waals surface area contributed by atoms with Crippen LogP contribution in [0, 0.1) is 0 Å². The maximum atomic E-state index is 12.4. The van der Waals surface area contributed by atoms with Crippen LogP contribution in [0.3, 0.4) is 0 Å². The third-order valence-corrected chi connectivity index (χ3v) is 3.29. The van der Waals surface area contributed by atoms with Crippen molar-refractivity contribution in [2.75, 3.05) is 19.6 Å². The van der Waals surface area contributed by atoms with Gasteiger partial charge in [-0.3, -0.25) is 4.79 Å². The molecule has 2 rings (SSSR count). The van der Waals surface area contributed by atoms with Gasteiger partial charge in [0.25, 0.3) is 5.91 Å². The van der Waals surface area contributed by atoms with Gasteiger partial charge in [-0.2, -0.15) is 0 Å². The van der Waals surface area contributed by atoms with Gasteiger partial charge in [0.15, 0.2) is 0 Å². The minimum absolute atomic E-state index is 0.0760. The van der Waals surface area contributed by atoms with Crippen LogP contribution in [0.25, 0.3) is 0 Å². The van der Waals surface area contributed by atoms with Crippen molar-refractivity contribution in [2.45, 2.75) is 26.4 Å². The molecule has 1 aliphatic heterocycles. The van der Waals surface area contributed by atoms with Gasteiger partial charge in [-0.05, 0) is 19.9 Å². The molecule has 0 spiro atoms. The minimum atomic E-state index is 0.0760. The first kappa shape index (κ1) is 12.5. The lowest BCUT2D eigenvalue weighted by Crippen LogP contribution is -2.51. The fourth-order valence-corrected chi connectivity index (χ4v) is 2.42. The van der Waals surface area contributed by atoms with Crippen LogP contribution < -0.4 is 5.32 Å². The zero-order chi connectivity index (χ0) is 12.4. The van der Waals surface area contributed by atoms with Gasteiger partial charge in [-0.25, -0.2) is 0 Å². The SMILES string of the molecule is CCn1cc(Cl)cc1C(=O)N1CCNC(C)C1. The van der Waals surface area contributed by atoms with E-state index in [-0.39, 0.29) is 5.91 Å². The number of carbonyl (C=O) groups is 1. The quantitative estimate of drug-likeness (QED) is 0.872. The number of hydrogen-bond donors (Lipinski definition) is 1. The topological polar surface area (TPSA) is 37.3 Å². The molecule has 0 saturated carbocycles. The molecular weight excluding hydrogens is 238 g/mol. The van der Waals surface area contributed by atoms with Crippen LogP contribution in [0.2, 0.25) is 5.02 Å². The van der Waals surface area contributed by atoms with Crippen molar-refractivity contribution in [1.29, 1.82) is 0 Å². The van der Waals surface area contributed by atoms with E-state index in [0.29, 0.717) is 16.8 Å². The molecule has 1 aromatic rings. The summed E-state index contributed by atoms with van der Waals surface area (Å²) in [6.45, 7) is 7.22. The number of nitrogens with one attached hydrogen (secondary N) is 1. The fourth-order valence-electron chi connectivity index (χ4n) is 2.19. The molecular formula is C12H18ClN3O. The molecule has 1 N–H and O–H groups in total. The molecule has 1 atom stereocenters. The molecule has 2 heterocycles. The highest BCUT2D eigenvalue weighted by molar-refractivity contribution is 6.31. The van der Waals surface area contributed by atoms with Crippen molar-refractivity contribution in [3.8, 4) is 0 Å². The van der Waals surface area contributed by atoms with Crippen LogP contribution >= 0.6 is 11.6 Å². The molecule has 17 heavy (non-hydrogen) atoms. The summed E-state index contributed by atoms with van der Waals surface area (Å²) in [6, 6.07) is 2.10. The lowest BCUT2D eigenvalue weighted by atomic mass is 10.2. The van der Waals surface area contributed by atoms with Crippen molar-refractivity contribution < 1.29 is 4.79 Å². The largest absolute Gasteiger partial charge is 0.342 e. The highest BCUT2D eigenvalue weighted by Crippen LogP contribution is 2.16. The van der Waals surface area contributed by atoms with Gasteiger partial charge in [-0.15, -0.1) is 0 Å². The van der Waals surface area contributed by atoms with E-state index in [1.807, 2.05) is 16.4 Å². The van der Waals surface area contributed by atoms with E-state index in [4.69, 9.17) is 11.6 Å². The van der Waals surface area contributed by atoms with Crippen molar-refractivity contribution in [1.82, 2.24) is 14.8 Å². The van der Waals surface area contributed by atoms with E-state index in [0.717, 1.165) is 26.2 Å². The Balaban J connectivity index is 2.18. The first-order chi connectivity index (χ1) is 8.11. The van der Waals surface area contributed by atoms with Gasteiger partial charge in [0.2, 0.25) is 0 Å². The third kappa shape index (κ3) is 2.64. The maximum Gasteiger partial charge on any atom is 0.270 e. The summed E-state index contributed by atoms with van der Waals surface area (Å²) >= 11 is 5.95. The zero-order valence-electron chi connectivity index (χ0n) is 10.2. The molecule has 1 amide bonds. The van der Waals surface area contributed by atoms with Crippen LogP contribution in [0.15, 0.2) is 12.3 Å². The van der Waals surface area contributed by atoms with Gasteiger partial charge < -0.3 is 14.8 Å². The van der Waals surface area contributed by atoms with E-state index in [1.54, 1.807) is 12.3 Å². The number of amides is 1. The zero-order valence-corrected chi connectivity index (χ0v) is 11.0. The average molecular weight is 256 g/mol. The highest BCUT2D eigenvalue weighted by atomic mass is 35.5. The van der Waals surface area contributed by atoms with E-state index >= 15 is 0 Å². The number of nitrogens with zero attached hydrogens (tertiary/aromatic N) is 2. The van der Waals surface area contributed by atoms with Gasteiger partial charge in [0.05, 0.1) is 5.02 Å². The Hall–Kier alpha value is -1.00. The van der Waals surface area contributed by atoms with Crippen LogP contribution in [-0.2, 0) is 6.54 Å². The number of carbonyl (C=O) groups excluding carboxylic acids is 1. The Kier molecular flexibility index (Phi) is 3.74. The molecule has 4 nitrogen and oxygen atoms in total. The summed E-state index contributed by atoms with van der Waals surface area (Å²) in [5.41, 5.74) is 0.687. The molecule has 0 radical (unpaired) electrons. The minimum Gasteiger partial charge on any atom is -0.342 e. The first-order valence-electron chi connectivity index (χ1n) is 6.00. The van der Waals surface area contributed by atoms with E-state index in [2.05, 4.69) is 12.2 Å². The normalized spacial score (nSPS) is 20.6. The van der Waals surface area contributed by atoms with Crippen molar-refractivity contribution >= 4 is 17.5 Å². The van der Waals surface area contributed by atoms with Crippen molar-refractivity contribution in [2.24, 2.45) is 0 Å². The number of hydrogen-bond acceptors (Lipinski definition) is 2. The second kappa shape index (κ2) is 5.10. The summed E-state index contributed by atoms with van der Waals surface area (Å²) in [5.74, 6) is 0.0760. The lowest BCUT2D eigenvalue weighted by molar-refractivity contribution is 0.0698. The number of halogens is 1. The third-order valence-electron chi connectivity index (χ3n) is 3.08. The Morgan fingerprint density at radius 2 is 2.41 bits per heavy atom. The second-order valence-electron chi connectivity index (χ2n) is 4.44. The molecule has 5 heteroatoms. The molecule has 1 saturated heterocycles. The summed E-state index contributed by atoms with van der Waals surface area (Å²) in [6.07, 6.45) is 1.81. The summed E-state index contributed by atoms with van der Waals surface area (Å²) < 4.78 is 1.90. The van der Waals surface area contributed by atoms with Gasteiger partial charge in [0.1, 0.15) is 5.69 Å². The standard InChI is InChI=1S/C12H18ClN3O/c1-3-15-8-10(13)6-11(15)12(17)16-5-4-14-9(2)7-16/h6,8-9,14H,3-5,7H2,1-2H3. The number of aryl methyl sites for hydroxylation is 1. The lowest BCUT2D eigenvalue weighted by Gasteiger charge is -2.32. The average Bonchev–Trinajstić information content (AvgIpc) is 2.69. The van der Waals surface area contributed by atoms with E-state index in [9.17, 15) is 4.79 Å². The first-order valence-corrected chi connectivity index (χ1v) is 6.38. The van der Waals surface area contributed by atoms with E-state index < -0.39 is 0 Å². The molecule has 1 aromatic heterocycles. The molecule has 1 unspecified atom stereocenters. The van der Waals surface area contributed by atoms with Gasteiger partial charge >= 0.3 is 0 Å². The van der Waals surface area contributed by atoms with Gasteiger partial charge in [-0.1, -0.05) is 11.6 Å².